The molecule has 0 radical (unpaired) electrons. The summed E-state index contributed by atoms with van der Waals surface area (Å²) in [5.41, 5.74) is 3.40. The molecule has 0 spiro atoms. The van der Waals surface area contributed by atoms with Crippen molar-refractivity contribution in [3.8, 4) is 11.5 Å². The fourth-order valence-corrected chi connectivity index (χ4v) is 7.14. The van der Waals surface area contributed by atoms with Crippen LogP contribution in [0.1, 0.15) is 42.5 Å². The standard InChI is InChI=1S/C38H44ClN3O6S/c1-7-28(4)40-38(44)34(22-29-13-9-8-10-14-29)41(24-30-15-11-12-16-33(30)39)37(43)25-42(31-20-26(2)19-27(3)21-31)49(45,46)32-17-18-35(47-5)36(23-32)48-6/h8-21,23,28,34H,7,22,24-25H2,1-6H3,(H,40,44)/t28-,34+/m1/s1. The average Bonchev–Trinajstić information content (AvgIpc) is 3.08. The molecule has 4 rings (SSSR count). The number of hydrogen-bond acceptors (Lipinski definition) is 6. The minimum Gasteiger partial charge on any atom is -0.493 e. The number of ether oxygens (including phenoxy) is 2. The molecule has 0 bridgehead atoms. The van der Waals surface area contributed by atoms with Crippen molar-refractivity contribution < 1.29 is 27.5 Å². The lowest BCUT2D eigenvalue weighted by molar-refractivity contribution is -0.140. The Morgan fingerprint density at radius 2 is 1.49 bits per heavy atom. The van der Waals surface area contributed by atoms with Gasteiger partial charge in [0, 0.05) is 30.1 Å². The van der Waals surface area contributed by atoms with Crippen LogP contribution < -0.4 is 19.1 Å². The molecule has 9 nitrogen and oxygen atoms in total. The number of amides is 2. The van der Waals surface area contributed by atoms with Crippen LogP contribution in [0.4, 0.5) is 5.69 Å². The number of rotatable bonds is 15. The summed E-state index contributed by atoms with van der Waals surface area (Å²) in [5, 5.41) is 3.46. The number of sulfonamides is 1. The van der Waals surface area contributed by atoms with Gasteiger partial charge in [-0.25, -0.2) is 8.42 Å². The van der Waals surface area contributed by atoms with Crippen LogP contribution in [0.2, 0.25) is 5.02 Å². The van der Waals surface area contributed by atoms with E-state index in [4.69, 9.17) is 21.1 Å². The second-order valence-electron chi connectivity index (χ2n) is 12.0. The largest absolute Gasteiger partial charge is 0.493 e. The Morgan fingerprint density at radius 3 is 2.10 bits per heavy atom. The molecule has 260 valence electrons. The first-order valence-corrected chi connectivity index (χ1v) is 17.9. The van der Waals surface area contributed by atoms with E-state index >= 15 is 0 Å². The number of aryl methyl sites for hydroxylation is 2. The number of hydrogen-bond donors (Lipinski definition) is 1. The predicted molar refractivity (Wildman–Crippen MR) is 194 cm³/mol. The highest BCUT2D eigenvalue weighted by Crippen LogP contribution is 2.33. The lowest BCUT2D eigenvalue weighted by Crippen LogP contribution is -2.54. The number of nitrogens with one attached hydrogen (secondary N) is 1. The summed E-state index contributed by atoms with van der Waals surface area (Å²) in [5.74, 6) is -0.347. The summed E-state index contributed by atoms with van der Waals surface area (Å²) in [6.07, 6.45) is 0.887. The van der Waals surface area contributed by atoms with Crippen molar-refractivity contribution >= 4 is 39.1 Å². The van der Waals surface area contributed by atoms with Crippen LogP contribution in [0.5, 0.6) is 11.5 Å². The van der Waals surface area contributed by atoms with Crippen LogP contribution in [-0.2, 0) is 32.6 Å². The highest BCUT2D eigenvalue weighted by Gasteiger charge is 2.35. The zero-order valence-corrected chi connectivity index (χ0v) is 30.3. The van der Waals surface area contributed by atoms with Gasteiger partial charge in [-0.1, -0.05) is 73.1 Å². The molecule has 0 saturated heterocycles. The van der Waals surface area contributed by atoms with Crippen LogP contribution in [-0.4, -0.2) is 58.0 Å². The molecule has 1 N–H and O–H groups in total. The normalized spacial score (nSPS) is 12.5. The molecule has 0 saturated carbocycles. The minimum absolute atomic E-state index is 0.0268. The number of nitrogens with zero attached hydrogens (tertiary/aromatic N) is 2. The molecule has 0 aliphatic heterocycles. The first kappa shape index (κ1) is 37.3. The van der Waals surface area contributed by atoms with Crippen molar-refractivity contribution in [3.63, 3.8) is 0 Å². The van der Waals surface area contributed by atoms with Crippen LogP contribution in [0.15, 0.2) is 95.9 Å². The molecule has 0 heterocycles. The van der Waals surface area contributed by atoms with E-state index in [2.05, 4.69) is 5.32 Å². The third-order valence-corrected chi connectivity index (χ3v) is 10.4. The van der Waals surface area contributed by atoms with Crippen molar-refractivity contribution in [2.24, 2.45) is 0 Å². The fourth-order valence-electron chi connectivity index (χ4n) is 5.53. The van der Waals surface area contributed by atoms with Gasteiger partial charge in [0.2, 0.25) is 11.8 Å². The Balaban J connectivity index is 1.87. The van der Waals surface area contributed by atoms with Gasteiger partial charge >= 0.3 is 0 Å². The zero-order valence-electron chi connectivity index (χ0n) is 28.8. The molecule has 2 atom stereocenters. The average molecular weight is 706 g/mol. The number of anilines is 1. The van der Waals surface area contributed by atoms with Gasteiger partial charge in [-0.3, -0.25) is 13.9 Å². The first-order chi connectivity index (χ1) is 23.4. The van der Waals surface area contributed by atoms with Crippen molar-refractivity contribution in [1.29, 1.82) is 0 Å². The van der Waals surface area contributed by atoms with Crippen LogP contribution in [0.25, 0.3) is 0 Å². The third kappa shape index (κ3) is 9.33. The quantitative estimate of drug-likeness (QED) is 0.147. The topological polar surface area (TPSA) is 105 Å². The first-order valence-electron chi connectivity index (χ1n) is 16.1. The van der Waals surface area contributed by atoms with Crippen LogP contribution in [0, 0.1) is 13.8 Å². The van der Waals surface area contributed by atoms with E-state index in [9.17, 15) is 18.0 Å². The molecular formula is C38H44ClN3O6S. The summed E-state index contributed by atoms with van der Waals surface area (Å²) in [6, 6.07) is 25.0. The van der Waals surface area contributed by atoms with E-state index in [0.717, 1.165) is 21.0 Å². The molecule has 0 aliphatic carbocycles. The molecule has 11 heteroatoms. The second-order valence-corrected chi connectivity index (χ2v) is 14.3. The van der Waals surface area contributed by atoms with Crippen LogP contribution in [0.3, 0.4) is 0 Å². The van der Waals surface area contributed by atoms with Gasteiger partial charge in [0.1, 0.15) is 12.6 Å². The molecule has 49 heavy (non-hydrogen) atoms. The number of carbonyl (C=O) groups excluding carboxylic acids is 2. The summed E-state index contributed by atoms with van der Waals surface area (Å²) < 4.78 is 40.9. The maximum atomic E-state index is 14.8. The number of halogens is 1. The van der Waals surface area contributed by atoms with E-state index in [0.29, 0.717) is 28.4 Å². The number of carbonyl (C=O) groups is 2. The van der Waals surface area contributed by atoms with Gasteiger partial charge in [0.15, 0.2) is 11.5 Å². The summed E-state index contributed by atoms with van der Waals surface area (Å²) in [7, 11) is -1.48. The highest BCUT2D eigenvalue weighted by molar-refractivity contribution is 7.92. The molecule has 0 unspecified atom stereocenters. The fraction of sp³-hybridized carbons (Fsp3) is 0.316. The molecule has 0 fully saturated rings. The number of methoxy groups -OCH3 is 2. The van der Waals surface area contributed by atoms with E-state index in [1.807, 2.05) is 64.1 Å². The second kappa shape index (κ2) is 16.7. The van der Waals surface area contributed by atoms with Crippen molar-refractivity contribution in [2.45, 2.75) is 64.1 Å². The zero-order chi connectivity index (χ0) is 35.7. The Morgan fingerprint density at radius 1 is 0.857 bits per heavy atom. The summed E-state index contributed by atoms with van der Waals surface area (Å²) in [6.45, 7) is 6.96. The van der Waals surface area contributed by atoms with E-state index in [1.165, 1.54) is 37.3 Å². The van der Waals surface area contributed by atoms with Gasteiger partial charge in [0.05, 0.1) is 24.8 Å². The maximum absolute atomic E-state index is 14.8. The molecule has 4 aromatic carbocycles. The Kier molecular flexibility index (Phi) is 12.7. The number of benzene rings is 4. The van der Waals surface area contributed by atoms with Crippen LogP contribution >= 0.6 is 11.6 Å². The summed E-state index contributed by atoms with van der Waals surface area (Å²) in [4.78, 5) is 30.1. The lowest BCUT2D eigenvalue weighted by Gasteiger charge is -2.34. The van der Waals surface area contributed by atoms with E-state index < -0.39 is 28.5 Å². The molecule has 0 aromatic heterocycles. The van der Waals surface area contributed by atoms with Gasteiger partial charge < -0.3 is 19.7 Å². The SMILES string of the molecule is CC[C@@H](C)NC(=O)[C@H](Cc1ccccc1)N(Cc1ccccc1Cl)C(=O)CN(c1cc(C)cc(C)c1)S(=O)(=O)c1ccc(OC)c(OC)c1. The van der Waals surface area contributed by atoms with Crippen molar-refractivity contribution in [1.82, 2.24) is 10.2 Å². The van der Waals surface area contributed by atoms with Crippen molar-refractivity contribution in [2.75, 3.05) is 25.1 Å². The van der Waals surface area contributed by atoms with Gasteiger partial charge in [-0.15, -0.1) is 0 Å². The molecule has 4 aromatic rings. The monoisotopic (exact) mass is 705 g/mol. The van der Waals surface area contributed by atoms with Gasteiger partial charge in [0.25, 0.3) is 10.0 Å². The Hall–Kier alpha value is -4.54. The molecule has 0 aliphatic rings. The Labute approximate surface area is 294 Å². The van der Waals surface area contributed by atoms with Gasteiger partial charge in [-0.05, 0) is 79.8 Å². The maximum Gasteiger partial charge on any atom is 0.264 e. The smallest absolute Gasteiger partial charge is 0.264 e. The molecule has 2 amide bonds. The van der Waals surface area contributed by atoms with E-state index in [-0.39, 0.29) is 35.6 Å². The molecular weight excluding hydrogens is 662 g/mol. The summed E-state index contributed by atoms with van der Waals surface area (Å²) >= 11 is 6.60. The van der Waals surface area contributed by atoms with E-state index in [1.54, 1.807) is 36.4 Å². The van der Waals surface area contributed by atoms with Crippen molar-refractivity contribution in [3.05, 3.63) is 118 Å². The highest BCUT2D eigenvalue weighted by atomic mass is 35.5. The Bertz CT molecular complexity index is 1850. The minimum atomic E-state index is -4.36. The lowest BCUT2D eigenvalue weighted by atomic mass is 10.0. The van der Waals surface area contributed by atoms with Gasteiger partial charge in [-0.2, -0.15) is 0 Å². The predicted octanol–water partition coefficient (Wildman–Crippen LogP) is 6.72. The third-order valence-electron chi connectivity index (χ3n) is 8.29.